The monoisotopic (exact) mass is 971 g/mol. The van der Waals surface area contributed by atoms with Crippen LogP contribution >= 0.6 is 0 Å². The van der Waals surface area contributed by atoms with Crippen molar-refractivity contribution in [3.05, 3.63) is 24.3 Å². The Balaban J connectivity index is 4.25. The van der Waals surface area contributed by atoms with Crippen molar-refractivity contribution in [1.29, 1.82) is 0 Å². The number of ether oxygens (including phenoxy) is 3. The number of unbranched alkanes of at least 4 members (excludes halogenated alkanes) is 42. The van der Waals surface area contributed by atoms with Crippen LogP contribution in [-0.2, 0) is 28.6 Å². The van der Waals surface area contributed by atoms with Gasteiger partial charge in [-0.1, -0.05) is 295 Å². The second kappa shape index (κ2) is 58.5. The SMILES string of the molecule is CCCCCCC/C=C\C/C=C\CCCCCCCCCCCCCC(=O)OCC(COC(=O)CCCCCCCCCCCCCCC)OC(=O)CCCCCCCCCCCCCCCCC. The van der Waals surface area contributed by atoms with Crippen molar-refractivity contribution in [2.75, 3.05) is 13.2 Å². The average molecular weight is 972 g/mol. The van der Waals surface area contributed by atoms with E-state index in [4.69, 9.17) is 14.2 Å². The molecule has 0 rings (SSSR count). The van der Waals surface area contributed by atoms with E-state index in [9.17, 15) is 14.4 Å². The van der Waals surface area contributed by atoms with Crippen LogP contribution in [-0.4, -0.2) is 37.2 Å². The highest BCUT2D eigenvalue weighted by Gasteiger charge is 2.19. The van der Waals surface area contributed by atoms with E-state index in [1.807, 2.05) is 0 Å². The van der Waals surface area contributed by atoms with Gasteiger partial charge in [-0.2, -0.15) is 0 Å². The molecule has 0 radical (unpaired) electrons. The van der Waals surface area contributed by atoms with E-state index < -0.39 is 6.10 Å². The molecule has 6 nitrogen and oxygen atoms in total. The maximum absolute atomic E-state index is 12.9. The Kier molecular flexibility index (Phi) is 56.7. The predicted molar refractivity (Wildman–Crippen MR) is 298 cm³/mol. The van der Waals surface area contributed by atoms with Gasteiger partial charge < -0.3 is 14.2 Å². The largest absolute Gasteiger partial charge is 0.462 e. The van der Waals surface area contributed by atoms with E-state index >= 15 is 0 Å². The molecule has 0 aliphatic heterocycles. The Morgan fingerprint density at radius 1 is 0.290 bits per heavy atom. The summed E-state index contributed by atoms with van der Waals surface area (Å²) in [6.07, 6.45) is 68.9. The highest BCUT2D eigenvalue weighted by molar-refractivity contribution is 5.71. The van der Waals surface area contributed by atoms with E-state index in [1.54, 1.807) is 0 Å². The fraction of sp³-hybridized carbons (Fsp3) is 0.889. The van der Waals surface area contributed by atoms with E-state index in [1.165, 1.54) is 238 Å². The zero-order valence-electron chi connectivity index (χ0n) is 46.6. The quantitative estimate of drug-likeness (QED) is 0.0261. The summed E-state index contributed by atoms with van der Waals surface area (Å²) in [6.45, 7) is 6.68. The molecule has 0 spiro atoms. The van der Waals surface area contributed by atoms with Crippen LogP contribution in [0.2, 0.25) is 0 Å². The van der Waals surface area contributed by atoms with Crippen molar-refractivity contribution in [1.82, 2.24) is 0 Å². The summed E-state index contributed by atoms with van der Waals surface area (Å²) in [7, 11) is 0. The molecule has 0 saturated heterocycles. The molecule has 0 heterocycles. The van der Waals surface area contributed by atoms with Gasteiger partial charge in [0, 0.05) is 19.3 Å². The summed E-state index contributed by atoms with van der Waals surface area (Å²) in [4.78, 5) is 38.2. The third kappa shape index (κ3) is 56.7. The number of carbonyl (C=O) groups is 3. The molecule has 1 unspecified atom stereocenters. The summed E-state index contributed by atoms with van der Waals surface area (Å²) in [5.41, 5.74) is 0. The van der Waals surface area contributed by atoms with Gasteiger partial charge in [0.25, 0.3) is 0 Å². The van der Waals surface area contributed by atoms with Crippen molar-refractivity contribution in [3.63, 3.8) is 0 Å². The standard InChI is InChI=1S/C63H118O6/c1-4-7-10-13-16-19-22-25-27-28-29-30-31-32-33-34-36-38-41-44-47-50-53-56-62(65)68-59-60(58-67-61(64)55-52-49-46-43-40-37-24-21-18-15-12-9-6-3)69-63(66)57-54-51-48-45-42-39-35-26-23-20-17-14-11-8-5-2/h22,25,28-29,60H,4-21,23-24,26-27,30-59H2,1-3H3/b25-22-,29-28-. The average Bonchev–Trinajstić information content (AvgIpc) is 3.35. The summed E-state index contributed by atoms with van der Waals surface area (Å²) in [6, 6.07) is 0. The first kappa shape index (κ1) is 66.9. The molecule has 1 atom stereocenters. The Bertz CT molecular complexity index is 1110. The molecular formula is C63H118O6. The summed E-state index contributed by atoms with van der Waals surface area (Å²) in [5.74, 6) is -0.843. The smallest absolute Gasteiger partial charge is 0.306 e. The molecule has 0 aromatic carbocycles. The summed E-state index contributed by atoms with van der Waals surface area (Å²) >= 11 is 0. The van der Waals surface area contributed by atoms with Crippen molar-refractivity contribution in [2.24, 2.45) is 0 Å². The minimum Gasteiger partial charge on any atom is -0.462 e. The first-order chi connectivity index (χ1) is 34.0. The van der Waals surface area contributed by atoms with Gasteiger partial charge in [0.2, 0.25) is 0 Å². The molecule has 6 heteroatoms. The number of hydrogen-bond donors (Lipinski definition) is 0. The van der Waals surface area contributed by atoms with Crippen molar-refractivity contribution >= 4 is 17.9 Å². The topological polar surface area (TPSA) is 78.9 Å². The van der Waals surface area contributed by atoms with Gasteiger partial charge in [-0.25, -0.2) is 0 Å². The molecular weight excluding hydrogens is 853 g/mol. The Hall–Kier alpha value is -2.11. The molecule has 0 amide bonds. The molecule has 0 fully saturated rings. The van der Waals surface area contributed by atoms with Gasteiger partial charge in [-0.3, -0.25) is 14.4 Å². The van der Waals surface area contributed by atoms with Crippen LogP contribution in [0.25, 0.3) is 0 Å². The molecule has 0 aromatic heterocycles. The van der Waals surface area contributed by atoms with Gasteiger partial charge in [0.05, 0.1) is 0 Å². The lowest BCUT2D eigenvalue weighted by molar-refractivity contribution is -0.167. The zero-order valence-corrected chi connectivity index (χ0v) is 46.6. The van der Waals surface area contributed by atoms with Crippen LogP contribution in [0.5, 0.6) is 0 Å². The van der Waals surface area contributed by atoms with E-state index in [0.29, 0.717) is 19.3 Å². The van der Waals surface area contributed by atoms with Crippen LogP contribution in [0, 0.1) is 0 Å². The third-order valence-electron chi connectivity index (χ3n) is 14.0. The molecule has 0 bridgehead atoms. The van der Waals surface area contributed by atoms with Gasteiger partial charge in [0.15, 0.2) is 6.10 Å². The number of rotatable bonds is 57. The van der Waals surface area contributed by atoms with Crippen molar-refractivity contribution in [3.8, 4) is 0 Å². The van der Waals surface area contributed by atoms with Crippen molar-refractivity contribution < 1.29 is 28.6 Å². The van der Waals surface area contributed by atoms with E-state index in [0.717, 1.165) is 64.2 Å². The number of esters is 3. The lowest BCUT2D eigenvalue weighted by Crippen LogP contribution is -2.30. The van der Waals surface area contributed by atoms with Crippen LogP contribution < -0.4 is 0 Å². The number of hydrogen-bond acceptors (Lipinski definition) is 6. The van der Waals surface area contributed by atoms with Gasteiger partial charge in [-0.15, -0.1) is 0 Å². The second-order valence-electron chi connectivity index (χ2n) is 21.0. The second-order valence-corrected chi connectivity index (χ2v) is 21.0. The number of carbonyl (C=O) groups excluding carboxylic acids is 3. The summed E-state index contributed by atoms with van der Waals surface area (Å²) in [5, 5.41) is 0. The van der Waals surface area contributed by atoms with Crippen LogP contribution in [0.4, 0.5) is 0 Å². The Morgan fingerprint density at radius 3 is 0.797 bits per heavy atom. The fourth-order valence-corrected chi connectivity index (χ4v) is 9.30. The summed E-state index contributed by atoms with van der Waals surface area (Å²) < 4.78 is 16.9. The first-order valence-corrected chi connectivity index (χ1v) is 30.8. The molecule has 0 saturated carbocycles. The molecule has 0 aliphatic carbocycles. The minimum atomic E-state index is -0.766. The minimum absolute atomic E-state index is 0.0655. The Labute approximate surface area is 430 Å². The predicted octanol–water partition coefficient (Wildman–Crippen LogP) is 20.7. The van der Waals surface area contributed by atoms with Crippen LogP contribution in [0.1, 0.15) is 342 Å². The highest BCUT2D eigenvalue weighted by Crippen LogP contribution is 2.17. The lowest BCUT2D eigenvalue weighted by atomic mass is 10.0. The molecule has 69 heavy (non-hydrogen) atoms. The van der Waals surface area contributed by atoms with E-state index in [-0.39, 0.29) is 31.1 Å². The maximum Gasteiger partial charge on any atom is 0.306 e. The van der Waals surface area contributed by atoms with Crippen molar-refractivity contribution in [2.45, 2.75) is 348 Å². The molecule has 0 aliphatic rings. The van der Waals surface area contributed by atoms with Crippen LogP contribution in [0.3, 0.4) is 0 Å². The normalized spacial score (nSPS) is 12.1. The molecule has 0 N–H and O–H groups in total. The maximum atomic E-state index is 12.9. The first-order valence-electron chi connectivity index (χ1n) is 30.8. The highest BCUT2D eigenvalue weighted by atomic mass is 16.6. The fourth-order valence-electron chi connectivity index (χ4n) is 9.30. The zero-order chi connectivity index (χ0) is 50.0. The molecule has 0 aromatic rings. The third-order valence-corrected chi connectivity index (χ3v) is 14.0. The van der Waals surface area contributed by atoms with Gasteiger partial charge >= 0.3 is 17.9 Å². The lowest BCUT2D eigenvalue weighted by Gasteiger charge is -2.18. The molecule has 406 valence electrons. The van der Waals surface area contributed by atoms with Crippen LogP contribution in [0.15, 0.2) is 24.3 Å². The van der Waals surface area contributed by atoms with E-state index in [2.05, 4.69) is 45.1 Å². The van der Waals surface area contributed by atoms with Gasteiger partial charge in [-0.05, 0) is 51.4 Å². The Morgan fingerprint density at radius 2 is 0.522 bits per heavy atom. The number of allylic oxidation sites excluding steroid dienone is 4. The van der Waals surface area contributed by atoms with Gasteiger partial charge in [0.1, 0.15) is 13.2 Å².